The van der Waals surface area contributed by atoms with Crippen LogP contribution in [0.4, 0.5) is 33.8 Å². The van der Waals surface area contributed by atoms with Gasteiger partial charge >= 0.3 is 6.18 Å². The molecule has 0 unspecified atom stereocenters. The fourth-order valence-corrected chi connectivity index (χ4v) is 3.58. The first-order valence-electron chi connectivity index (χ1n) is 10.6. The predicted molar refractivity (Wildman–Crippen MR) is 127 cm³/mol. The van der Waals surface area contributed by atoms with Crippen LogP contribution in [0.2, 0.25) is 0 Å². The van der Waals surface area contributed by atoms with Gasteiger partial charge in [-0.25, -0.2) is 14.1 Å². The molecule has 38 heavy (non-hydrogen) atoms. The maximum absolute atomic E-state index is 14.8. The second-order valence-corrected chi connectivity index (χ2v) is 7.56. The summed E-state index contributed by atoms with van der Waals surface area (Å²) in [5.41, 5.74) is 4.30. The van der Waals surface area contributed by atoms with Gasteiger partial charge in [-0.3, -0.25) is 9.51 Å². The van der Waals surface area contributed by atoms with Crippen molar-refractivity contribution in [1.29, 1.82) is 1.45 Å². The van der Waals surface area contributed by atoms with Crippen molar-refractivity contribution in [1.82, 2.24) is 24.5 Å². The topological polar surface area (TPSA) is 137 Å². The van der Waals surface area contributed by atoms with E-state index in [2.05, 4.69) is 22.0 Å². The van der Waals surface area contributed by atoms with Crippen molar-refractivity contribution in [3.8, 4) is 11.4 Å². The summed E-state index contributed by atoms with van der Waals surface area (Å²) < 4.78 is 75.3. The first-order chi connectivity index (χ1) is 18.2. The number of fused-ring (bicyclic) bond motifs is 1. The number of benzene rings is 2. The van der Waals surface area contributed by atoms with Crippen LogP contribution in [0.5, 0.6) is 0 Å². The van der Waals surface area contributed by atoms with Crippen LogP contribution in [0.3, 0.4) is 0 Å². The molecule has 0 atom stereocenters. The van der Waals surface area contributed by atoms with E-state index in [0.29, 0.717) is 17.1 Å². The number of nitrogens with two attached hydrogens (primary N) is 1. The summed E-state index contributed by atoms with van der Waals surface area (Å²) in [6.07, 6.45) is -1.92. The second kappa shape index (κ2) is 10.3. The monoisotopic (exact) mass is 539 g/mol. The first-order valence-corrected chi connectivity index (χ1v) is 10.2. The zero-order valence-corrected chi connectivity index (χ0v) is 18.4. The third-order valence-corrected chi connectivity index (χ3v) is 5.30. The van der Waals surface area contributed by atoms with Crippen molar-refractivity contribution in [2.24, 2.45) is 0 Å². The number of rotatable bonds is 5. The smallest absolute Gasteiger partial charge is 0.388 e. The Hall–Kier alpha value is -4.79. The molecule has 0 aliphatic carbocycles. The SMILES string of the molecule is C.Nc1noc2ccc(-n3nc(C(F)(F)F)cc3C(=O)Nc3ccc(-n4ccnc4CO)cc3F)cc12.[3H]F. The van der Waals surface area contributed by atoms with Crippen LogP contribution in [0.1, 0.15) is 29.4 Å². The van der Waals surface area contributed by atoms with Crippen molar-refractivity contribution in [3.63, 3.8) is 0 Å². The molecule has 200 valence electrons. The molecule has 15 heteroatoms. The molecule has 2 aromatic carbocycles. The Morgan fingerprint density at radius 2 is 1.92 bits per heavy atom. The molecule has 0 spiro atoms. The number of alkyl halides is 3. The van der Waals surface area contributed by atoms with Crippen molar-refractivity contribution >= 4 is 28.4 Å². The van der Waals surface area contributed by atoms with E-state index in [9.17, 15) is 27.5 Å². The third-order valence-electron chi connectivity index (χ3n) is 5.30. The second-order valence-electron chi connectivity index (χ2n) is 7.56. The normalized spacial score (nSPS) is 11.4. The Balaban J connectivity index is 0.00000137. The maximum atomic E-state index is 14.8. The number of carbonyl (C=O) groups is 1. The molecule has 3 aromatic heterocycles. The predicted octanol–water partition coefficient (Wildman–Crippen LogP) is 4.47. The number of halogens is 5. The Morgan fingerprint density at radius 3 is 2.61 bits per heavy atom. The average molecular weight is 539 g/mol. The lowest BCUT2D eigenvalue weighted by molar-refractivity contribution is -0.141. The number of nitrogens with one attached hydrogen (secondary N) is 1. The lowest BCUT2D eigenvalue weighted by atomic mass is 10.2. The summed E-state index contributed by atoms with van der Waals surface area (Å²) in [6.45, 7) is -0.384. The highest BCUT2D eigenvalue weighted by Gasteiger charge is 2.36. The van der Waals surface area contributed by atoms with Crippen molar-refractivity contribution in [2.45, 2.75) is 20.2 Å². The summed E-state index contributed by atoms with van der Waals surface area (Å²) in [7, 11) is 0. The van der Waals surface area contributed by atoms with E-state index in [1.807, 2.05) is 0 Å². The van der Waals surface area contributed by atoms with Crippen molar-refractivity contribution < 1.29 is 36.7 Å². The zero-order chi connectivity index (χ0) is 27.6. The number of imidazole rings is 1. The van der Waals surface area contributed by atoms with E-state index in [-0.39, 0.29) is 42.6 Å². The van der Waals surface area contributed by atoms with E-state index in [4.69, 9.17) is 15.0 Å². The molecular formula is C23H20F5N7O3. The molecule has 3 heterocycles. The first kappa shape index (κ1) is 26.3. The fraction of sp³-hybridized carbons (Fsp3) is 0.130. The van der Waals surface area contributed by atoms with Crippen LogP contribution in [-0.2, 0) is 12.8 Å². The van der Waals surface area contributed by atoms with Gasteiger partial charge in [0.1, 0.15) is 23.9 Å². The molecule has 5 aromatic rings. The van der Waals surface area contributed by atoms with Crippen LogP contribution in [0, 0.1) is 5.82 Å². The van der Waals surface area contributed by atoms with E-state index >= 15 is 0 Å². The van der Waals surface area contributed by atoms with E-state index < -0.39 is 29.3 Å². The molecular weight excluding hydrogens is 517 g/mol. The van der Waals surface area contributed by atoms with Gasteiger partial charge in [0.05, 0.1) is 16.8 Å². The molecule has 0 saturated carbocycles. The highest BCUT2D eigenvalue weighted by atomic mass is 19.4. The highest BCUT2D eigenvalue weighted by molar-refractivity contribution is 6.04. The van der Waals surface area contributed by atoms with E-state index in [1.54, 1.807) is 0 Å². The standard InChI is InChI=1S/C22H15F4N7O3.CH4.FH/c23-14-8-11(32-6-5-28-19(32)10-34)1-3-15(14)29-21(35)16-9-18(22(24,25)26)30-33(16)12-2-4-17-13(7-12)20(27)31-36-17;;/h1-9,34H,10H2,(H2,27,31)(H,29,35);1H4;1H/i/hT. The van der Waals surface area contributed by atoms with Gasteiger partial charge in [0.2, 0.25) is 0 Å². The lowest BCUT2D eigenvalue weighted by Crippen LogP contribution is -2.18. The Labute approximate surface area is 212 Å². The minimum atomic E-state index is -4.84. The van der Waals surface area contributed by atoms with Gasteiger partial charge in [-0.2, -0.15) is 18.3 Å². The number of hydrogen-bond acceptors (Lipinski definition) is 7. The van der Waals surface area contributed by atoms with Gasteiger partial charge in [-0.15, -0.1) is 0 Å². The molecule has 0 aliphatic heterocycles. The van der Waals surface area contributed by atoms with Crippen molar-refractivity contribution in [3.05, 3.63) is 77.9 Å². The van der Waals surface area contributed by atoms with Crippen LogP contribution in [0.15, 0.2) is 59.4 Å². The summed E-state index contributed by atoms with van der Waals surface area (Å²) in [6, 6.07) is 8.47. The number of aliphatic hydroxyl groups is 1. The molecule has 0 saturated heterocycles. The zero-order valence-electron chi connectivity index (χ0n) is 19.4. The number of hydrogen-bond donors (Lipinski definition) is 3. The van der Waals surface area contributed by atoms with Crippen LogP contribution < -0.4 is 11.1 Å². The number of aliphatic hydroxyl groups excluding tert-OH is 1. The Morgan fingerprint density at radius 1 is 1.18 bits per heavy atom. The summed E-state index contributed by atoms with van der Waals surface area (Å²) >= 11 is 0. The quantitative estimate of drug-likeness (QED) is 0.280. The molecule has 0 bridgehead atoms. The lowest BCUT2D eigenvalue weighted by Gasteiger charge is -2.11. The van der Waals surface area contributed by atoms with Gasteiger partial charge in [0.25, 0.3) is 7.36 Å². The fourth-order valence-electron chi connectivity index (χ4n) is 3.58. The molecule has 1 amide bonds. The van der Waals surface area contributed by atoms with Gasteiger partial charge in [0.15, 0.2) is 17.1 Å². The van der Waals surface area contributed by atoms with E-state index in [0.717, 1.165) is 10.7 Å². The summed E-state index contributed by atoms with van der Waals surface area (Å²) in [4.78, 5) is 16.9. The van der Waals surface area contributed by atoms with Crippen LogP contribution in [-0.4, -0.2) is 37.0 Å². The molecule has 5 rings (SSSR count). The van der Waals surface area contributed by atoms with Crippen LogP contribution >= 0.6 is 0 Å². The average Bonchev–Trinajstić information content (AvgIpc) is 3.64. The summed E-state index contributed by atoms with van der Waals surface area (Å²) in [5.74, 6) is -1.63. The third kappa shape index (κ3) is 4.90. The number of anilines is 2. The number of aromatic nitrogens is 5. The number of nitrogens with zero attached hydrogens (tertiary/aromatic N) is 5. The largest absolute Gasteiger partial charge is 0.435 e. The van der Waals surface area contributed by atoms with E-state index in [1.165, 1.54) is 47.3 Å². The molecule has 0 aliphatic rings. The molecule has 0 fully saturated rings. The molecule has 10 nitrogen and oxygen atoms in total. The number of amides is 1. The number of carbonyl (C=O) groups excluding carboxylic acids is 1. The van der Waals surface area contributed by atoms with Gasteiger partial charge < -0.3 is 25.2 Å². The van der Waals surface area contributed by atoms with Crippen molar-refractivity contribution in [2.75, 3.05) is 11.1 Å². The Bertz CT molecular complexity index is 1610. The maximum Gasteiger partial charge on any atom is 0.435 e. The van der Waals surface area contributed by atoms with Gasteiger partial charge in [-0.05, 0) is 30.3 Å². The highest BCUT2D eigenvalue weighted by Crippen LogP contribution is 2.31. The molecule has 0 radical (unpaired) electrons. The summed E-state index contributed by atoms with van der Waals surface area (Å²) in [5, 5.41) is 19.0. The van der Waals surface area contributed by atoms with Crippen LogP contribution in [0.25, 0.3) is 22.3 Å². The number of nitrogen functional groups attached to an aromatic ring is 1. The van der Waals surface area contributed by atoms with Gasteiger partial charge in [-0.1, -0.05) is 12.6 Å². The van der Waals surface area contributed by atoms with Gasteiger partial charge in [0, 0.05) is 30.2 Å². The minimum Gasteiger partial charge on any atom is -0.388 e. The minimum absolute atomic E-state index is 0. The molecule has 4 N–H and O–H groups in total. The Kier molecular flexibility index (Phi) is 7.12.